The van der Waals surface area contributed by atoms with Crippen molar-refractivity contribution in [2.24, 2.45) is 0 Å². The van der Waals surface area contributed by atoms with E-state index in [4.69, 9.17) is 14.2 Å². The van der Waals surface area contributed by atoms with Gasteiger partial charge >= 0.3 is 24.4 Å². The number of benzene rings is 2. The topological polar surface area (TPSA) is 94.5 Å². The summed E-state index contributed by atoms with van der Waals surface area (Å²) < 4.78 is 102. The highest BCUT2D eigenvalue weighted by Gasteiger charge is 2.50. The van der Waals surface area contributed by atoms with E-state index in [1.54, 1.807) is 6.92 Å². The van der Waals surface area contributed by atoms with Gasteiger partial charge in [0.05, 0.1) is 50.8 Å². The minimum atomic E-state index is -5.27. The van der Waals surface area contributed by atoms with Gasteiger partial charge in [0, 0.05) is 22.8 Å². The van der Waals surface area contributed by atoms with Crippen LogP contribution in [0.5, 0.6) is 11.5 Å². The molecule has 1 aliphatic heterocycles. The summed E-state index contributed by atoms with van der Waals surface area (Å²) in [5.41, 5.74) is -8.44. The molecule has 0 bridgehead atoms. The zero-order valence-electron chi connectivity index (χ0n) is 21.9. The van der Waals surface area contributed by atoms with E-state index in [9.17, 15) is 41.0 Å². The van der Waals surface area contributed by atoms with E-state index in [-0.39, 0.29) is 47.6 Å². The minimum Gasteiger partial charge on any atom is -0.493 e. The van der Waals surface area contributed by atoms with Gasteiger partial charge in [0.1, 0.15) is 0 Å². The summed E-state index contributed by atoms with van der Waals surface area (Å²) in [4.78, 5) is 27.1. The summed E-state index contributed by atoms with van der Waals surface area (Å²) in [5, 5.41) is 11.9. The Bertz CT molecular complexity index is 1310. The van der Waals surface area contributed by atoms with Crippen LogP contribution in [0.2, 0.25) is 0 Å². The molecule has 0 fully saturated rings. The number of fused-ring (bicyclic) bond motifs is 1. The Labute approximate surface area is 224 Å². The summed E-state index contributed by atoms with van der Waals surface area (Å²) in [6.07, 6.45) is -10.3. The monoisotopic (exact) mass is 577 g/mol. The molecule has 0 saturated heterocycles. The maximum Gasteiger partial charge on any atom is 0.416 e. The van der Waals surface area contributed by atoms with Crippen LogP contribution in [0.15, 0.2) is 36.4 Å². The van der Waals surface area contributed by atoms with Crippen molar-refractivity contribution < 1.29 is 60.0 Å². The number of esters is 1. The molecule has 1 aliphatic rings. The van der Waals surface area contributed by atoms with Crippen LogP contribution < -0.4 is 14.4 Å². The van der Waals surface area contributed by atoms with Crippen LogP contribution in [-0.2, 0) is 32.2 Å². The van der Waals surface area contributed by atoms with Crippen molar-refractivity contribution >= 4 is 23.3 Å². The smallest absolute Gasteiger partial charge is 0.416 e. The Balaban J connectivity index is 2.45. The maximum absolute atomic E-state index is 13.7. The molecular weight excluding hydrogens is 552 g/mol. The van der Waals surface area contributed by atoms with Gasteiger partial charge in [-0.15, -0.1) is 0 Å². The fourth-order valence-electron chi connectivity index (χ4n) is 4.38. The molecule has 1 amide bonds. The molecule has 8 nitrogen and oxygen atoms in total. The van der Waals surface area contributed by atoms with Gasteiger partial charge in [0.15, 0.2) is 11.5 Å². The SMILES string of the molecule is CCOC(=O)N1c2cc(OC)c(OC)cc2C(C(O)(C(=O)OC)c2cc(C(F)(F)F)cc(C(F)(F)F)c2)=C[C@@H]1C. The molecular formula is C26H25F6NO7. The number of hydrogen-bond donors (Lipinski definition) is 1. The third-order valence-corrected chi connectivity index (χ3v) is 6.21. The van der Waals surface area contributed by atoms with E-state index in [1.807, 2.05) is 0 Å². The summed E-state index contributed by atoms with van der Waals surface area (Å²) in [5.74, 6) is -1.48. The summed E-state index contributed by atoms with van der Waals surface area (Å²) in [7, 11) is 3.34. The molecule has 1 heterocycles. The standard InChI is InChI=1S/C26H25F6NO7/c1-6-40-23(35)33-13(2)7-18(17-11-20(37-3)21(38-4)12-19(17)33)24(36,22(34)39-5)14-8-15(25(27,28)29)10-16(9-14)26(30,31)32/h7-13,36H,6H2,1-5H3/t13-,24?/m0/s1. The number of amides is 1. The predicted molar refractivity (Wildman–Crippen MR) is 129 cm³/mol. The zero-order chi connectivity index (χ0) is 30.2. The van der Waals surface area contributed by atoms with Gasteiger partial charge in [-0.3, -0.25) is 4.90 Å². The quantitative estimate of drug-likeness (QED) is 0.356. The Morgan fingerprint density at radius 2 is 1.38 bits per heavy atom. The lowest BCUT2D eigenvalue weighted by Gasteiger charge is -2.38. The highest BCUT2D eigenvalue weighted by Crippen LogP contribution is 2.50. The molecule has 0 aromatic heterocycles. The first-order chi connectivity index (χ1) is 18.5. The number of carbonyl (C=O) groups excluding carboxylic acids is 2. The normalized spacial score (nSPS) is 16.9. The van der Waals surface area contributed by atoms with Crippen molar-refractivity contribution in [2.75, 3.05) is 32.8 Å². The third kappa shape index (κ3) is 5.40. The van der Waals surface area contributed by atoms with Crippen molar-refractivity contribution in [2.45, 2.75) is 37.8 Å². The van der Waals surface area contributed by atoms with E-state index >= 15 is 0 Å². The van der Waals surface area contributed by atoms with Crippen molar-refractivity contribution in [1.82, 2.24) is 0 Å². The molecule has 218 valence electrons. The Hall–Kier alpha value is -3.94. The fourth-order valence-corrected chi connectivity index (χ4v) is 4.38. The second-order valence-electron chi connectivity index (χ2n) is 8.61. The number of carbonyl (C=O) groups is 2. The first kappa shape index (κ1) is 30.6. The Morgan fingerprint density at radius 1 is 0.875 bits per heavy atom. The molecule has 3 rings (SSSR count). The third-order valence-electron chi connectivity index (χ3n) is 6.21. The molecule has 14 heteroatoms. The van der Waals surface area contributed by atoms with Crippen molar-refractivity contribution in [3.8, 4) is 11.5 Å². The Morgan fingerprint density at radius 3 is 1.82 bits per heavy atom. The van der Waals surface area contributed by atoms with Gasteiger partial charge in [0.25, 0.3) is 0 Å². The average molecular weight is 577 g/mol. The summed E-state index contributed by atoms with van der Waals surface area (Å²) in [6, 6.07) is 1.81. The number of anilines is 1. The van der Waals surface area contributed by atoms with Crippen molar-refractivity contribution in [3.63, 3.8) is 0 Å². The van der Waals surface area contributed by atoms with Crippen molar-refractivity contribution in [1.29, 1.82) is 0 Å². The first-order valence-electron chi connectivity index (χ1n) is 11.6. The van der Waals surface area contributed by atoms with Crippen LogP contribution in [0.3, 0.4) is 0 Å². The molecule has 0 spiro atoms. The number of nitrogens with zero attached hydrogens (tertiary/aromatic N) is 1. The molecule has 2 aromatic rings. The largest absolute Gasteiger partial charge is 0.493 e. The average Bonchev–Trinajstić information content (AvgIpc) is 2.89. The van der Waals surface area contributed by atoms with Crippen molar-refractivity contribution in [3.05, 3.63) is 58.7 Å². The van der Waals surface area contributed by atoms with E-state index in [0.717, 1.165) is 18.1 Å². The lowest BCUT2D eigenvalue weighted by Crippen LogP contribution is -2.45. The van der Waals surface area contributed by atoms with Crippen LogP contribution in [-0.4, -0.2) is 51.1 Å². The van der Waals surface area contributed by atoms with Gasteiger partial charge in [0.2, 0.25) is 5.60 Å². The van der Waals surface area contributed by atoms with Crippen LogP contribution in [0, 0.1) is 0 Å². The van der Waals surface area contributed by atoms with Crippen LogP contribution >= 0.6 is 0 Å². The number of aliphatic hydroxyl groups is 1. The van der Waals surface area contributed by atoms with Gasteiger partial charge in [-0.1, -0.05) is 6.08 Å². The van der Waals surface area contributed by atoms with Crippen LogP contribution in [0.1, 0.15) is 36.1 Å². The van der Waals surface area contributed by atoms with E-state index in [1.165, 1.54) is 33.3 Å². The van der Waals surface area contributed by atoms with Gasteiger partial charge in [-0.2, -0.15) is 26.3 Å². The zero-order valence-corrected chi connectivity index (χ0v) is 21.9. The number of alkyl halides is 6. The molecule has 0 saturated carbocycles. The first-order valence-corrected chi connectivity index (χ1v) is 11.6. The van der Waals surface area contributed by atoms with Gasteiger partial charge in [-0.25, -0.2) is 9.59 Å². The molecule has 1 N–H and O–H groups in total. The predicted octanol–water partition coefficient (Wildman–Crippen LogP) is 5.55. The second-order valence-corrected chi connectivity index (χ2v) is 8.61. The minimum absolute atomic E-state index is 0.0118. The fraction of sp³-hybridized carbons (Fsp3) is 0.385. The number of ether oxygens (including phenoxy) is 4. The van der Waals surface area contributed by atoms with Crippen LogP contribution in [0.25, 0.3) is 5.57 Å². The highest BCUT2D eigenvalue weighted by atomic mass is 19.4. The lowest BCUT2D eigenvalue weighted by molar-refractivity contribution is -0.158. The van der Waals surface area contributed by atoms with E-state index in [0.29, 0.717) is 0 Å². The summed E-state index contributed by atoms with van der Waals surface area (Å²) >= 11 is 0. The maximum atomic E-state index is 13.7. The molecule has 2 atom stereocenters. The second kappa shape index (κ2) is 10.9. The van der Waals surface area contributed by atoms with Gasteiger partial charge in [-0.05, 0) is 38.1 Å². The lowest BCUT2D eigenvalue weighted by atomic mass is 9.77. The van der Waals surface area contributed by atoms with E-state index in [2.05, 4.69) is 4.74 Å². The van der Waals surface area contributed by atoms with Gasteiger partial charge < -0.3 is 24.1 Å². The Kier molecular flexibility index (Phi) is 8.35. The highest BCUT2D eigenvalue weighted by molar-refractivity contribution is 6.04. The molecule has 2 aromatic carbocycles. The number of rotatable bonds is 6. The summed E-state index contributed by atoms with van der Waals surface area (Å²) in [6.45, 7) is 2.95. The van der Waals surface area contributed by atoms with E-state index < -0.39 is 58.3 Å². The number of halogens is 6. The number of methoxy groups -OCH3 is 3. The molecule has 0 radical (unpaired) electrons. The number of hydrogen-bond acceptors (Lipinski definition) is 7. The van der Waals surface area contributed by atoms with Crippen LogP contribution in [0.4, 0.5) is 36.8 Å². The molecule has 1 unspecified atom stereocenters. The molecule has 40 heavy (non-hydrogen) atoms. The molecule has 0 aliphatic carbocycles.